The van der Waals surface area contributed by atoms with Gasteiger partial charge in [-0.25, -0.2) is 0 Å². The van der Waals surface area contributed by atoms with Crippen molar-refractivity contribution in [3.63, 3.8) is 0 Å². The van der Waals surface area contributed by atoms with E-state index in [9.17, 15) is 4.79 Å². The summed E-state index contributed by atoms with van der Waals surface area (Å²) in [4.78, 5) is 10.9. The van der Waals surface area contributed by atoms with E-state index in [2.05, 4.69) is 26.8 Å². The molecule has 0 aromatic rings. The maximum Gasteiger partial charge on any atom is 0.123 e. The van der Waals surface area contributed by atoms with Crippen molar-refractivity contribution in [3.05, 3.63) is 11.6 Å². The molecule has 14 heavy (non-hydrogen) atoms. The van der Waals surface area contributed by atoms with E-state index in [0.717, 1.165) is 12.3 Å². The van der Waals surface area contributed by atoms with Crippen molar-refractivity contribution < 1.29 is 4.79 Å². The van der Waals surface area contributed by atoms with Crippen LogP contribution in [-0.4, -0.2) is 6.29 Å². The van der Waals surface area contributed by atoms with E-state index in [0.29, 0.717) is 23.7 Å². The summed E-state index contributed by atoms with van der Waals surface area (Å²) in [6.07, 6.45) is 5.86. The average molecular weight is 192 g/mol. The summed E-state index contributed by atoms with van der Waals surface area (Å²) >= 11 is 0. The van der Waals surface area contributed by atoms with Gasteiger partial charge in [-0.1, -0.05) is 32.4 Å². The van der Waals surface area contributed by atoms with Crippen molar-refractivity contribution in [2.45, 2.75) is 33.6 Å². The van der Waals surface area contributed by atoms with Gasteiger partial charge < -0.3 is 4.79 Å². The highest BCUT2D eigenvalue weighted by atomic mass is 16.1. The number of hydrogen-bond donors (Lipinski definition) is 0. The third-order valence-corrected chi connectivity index (χ3v) is 4.37. The van der Waals surface area contributed by atoms with Gasteiger partial charge in [0.1, 0.15) is 6.29 Å². The zero-order valence-corrected chi connectivity index (χ0v) is 9.36. The van der Waals surface area contributed by atoms with Crippen molar-refractivity contribution in [1.82, 2.24) is 0 Å². The van der Waals surface area contributed by atoms with Crippen LogP contribution in [0.1, 0.15) is 33.6 Å². The Morgan fingerprint density at radius 2 is 1.93 bits per heavy atom. The minimum Gasteiger partial charge on any atom is -0.303 e. The first-order valence-corrected chi connectivity index (χ1v) is 5.79. The molecule has 0 spiro atoms. The Balaban J connectivity index is 2.14. The number of hydrogen-bond acceptors (Lipinski definition) is 1. The number of aldehydes is 1. The Labute approximate surface area is 86.6 Å². The predicted octanol–water partition coefficient (Wildman–Crippen LogP) is 3.06. The molecule has 2 rings (SSSR count). The van der Waals surface area contributed by atoms with Crippen LogP contribution in [0.5, 0.6) is 0 Å². The lowest BCUT2D eigenvalue weighted by Gasteiger charge is -2.41. The molecule has 0 N–H and O–H groups in total. The topological polar surface area (TPSA) is 17.1 Å². The lowest BCUT2D eigenvalue weighted by molar-refractivity contribution is -0.115. The highest BCUT2D eigenvalue weighted by Gasteiger charge is 2.41. The first kappa shape index (κ1) is 9.95. The summed E-state index contributed by atoms with van der Waals surface area (Å²) in [5.41, 5.74) is 1.65. The molecule has 1 fully saturated rings. The Hall–Kier alpha value is -0.590. The highest BCUT2D eigenvalue weighted by Crippen LogP contribution is 2.48. The van der Waals surface area contributed by atoms with Crippen LogP contribution < -0.4 is 0 Å². The van der Waals surface area contributed by atoms with Crippen LogP contribution in [0, 0.1) is 29.6 Å². The molecule has 2 aliphatic carbocycles. The van der Waals surface area contributed by atoms with Crippen molar-refractivity contribution in [2.75, 3.05) is 0 Å². The van der Waals surface area contributed by atoms with E-state index < -0.39 is 0 Å². The van der Waals surface area contributed by atoms with Gasteiger partial charge in [-0.15, -0.1) is 0 Å². The summed E-state index contributed by atoms with van der Waals surface area (Å²) in [6, 6.07) is 0. The molecule has 1 nitrogen and oxygen atoms in total. The summed E-state index contributed by atoms with van der Waals surface area (Å²) in [5, 5.41) is 0. The second kappa shape index (κ2) is 3.52. The summed E-state index contributed by atoms with van der Waals surface area (Å²) in [7, 11) is 0. The predicted molar refractivity (Wildman–Crippen MR) is 57.9 cm³/mol. The normalized spacial score (nSPS) is 47.1. The molecular weight excluding hydrogens is 172 g/mol. The van der Waals surface area contributed by atoms with Crippen LogP contribution in [-0.2, 0) is 4.79 Å². The second-order valence-corrected chi connectivity index (χ2v) is 5.24. The van der Waals surface area contributed by atoms with Gasteiger partial charge in [0.15, 0.2) is 0 Å². The fraction of sp³-hybridized carbons (Fsp3) is 0.769. The number of rotatable bonds is 2. The molecular formula is C13H20O. The smallest absolute Gasteiger partial charge is 0.123 e. The van der Waals surface area contributed by atoms with Crippen molar-refractivity contribution >= 4 is 6.29 Å². The molecule has 78 valence electrons. The Morgan fingerprint density at radius 1 is 1.29 bits per heavy atom. The molecule has 5 unspecified atom stereocenters. The SMILES string of the molecule is CC1CC(C=O)C(C)C(C)C1C1=CC1. The summed E-state index contributed by atoms with van der Waals surface area (Å²) in [5.74, 6) is 3.01. The Kier molecular flexibility index (Phi) is 2.50. The first-order valence-electron chi connectivity index (χ1n) is 5.79. The Bertz CT molecular complexity index is 266. The van der Waals surface area contributed by atoms with Gasteiger partial charge in [0, 0.05) is 5.92 Å². The third kappa shape index (κ3) is 1.53. The van der Waals surface area contributed by atoms with Gasteiger partial charge in [0.25, 0.3) is 0 Å². The maximum atomic E-state index is 10.9. The van der Waals surface area contributed by atoms with E-state index in [-0.39, 0.29) is 0 Å². The van der Waals surface area contributed by atoms with Crippen molar-refractivity contribution in [2.24, 2.45) is 29.6 Å². The molecule has 0 aromatic carbocycles. The van der Waals surface area contributed by atoms with Gasteiger partial charge in [-0.2, -0.15) is 0 Å². The first-order chi connectivity index (χ1) is 6.65. The summed E-state index contributed by atoms with van der Waals surface area (Å²) < 4.78 is 0. The molecule has 5 atom stereocenters. The average Bonchev–Trinajstić information content (AvgIpc) is 2.95. The number of carbonyl (C=O) groups excluding carboxylic acids is 1. The zero-order valence-electron chi connectivity index (χ0n) is 9.36. The second-order valence-electron chi connectivity index (χ2n) is 5.24. The number of carbonyl (C=O) groups is 1. The fourth-order valence-corrected chi connectivity index (χ4v) is 3.24. The van der Waals surface area contributed by atoms with Crippen LogP contribution in [0.15, 0.2) is 11.6 Å². The molecule has 0 aliphatic heterocycles. The van der Waals surface area contributed by atoms with Crippen LogP contribution in [0.2, 0.25) is 0 Å². The van der Waals surface area contributed by atoms with E-state index in [4.69, 9.17) is 0 Å². The monoisotopic (exact) mass is 192 g/mol. The fourth-order valence-electron chi connectivity index (χ4n) is 3.24. The van der Waals surface area contributed by atoms with Gasteiger partial charge in [-0.05, 0) is 36.5 Å². The van der Waals surface area contributed by atoms with Crippen LogP contribution in [0.25, 0.3) is 0 Å². The Morgan fingerprint density at radius 3 is 2.43 bits per heavy atom. The molecule has 0 amide bonds. The highest BCUT2D eigenvalue weighted by molar-refractivity contribution is 5.54. The van der Waals surface area contributed by atoms with Gasteiger partial charge in [0.2, 0.25) is 0 Å². The van der Waals surface area contributed by atoms with Crippen molar-refractivity contribution in [1.29, 1.82) is 0 Å². The minimum atomic E-state index is 0.301. The van der Waals surface area contributed by atoms with Gasteiger partial charge in [-0.3, -0.25) is 0 Å². The lowest BCUT2D eigenvalue weighted by Crippen LogP contribution is -2.36. The van der Waals surface area contributed by atoms with Crippen LogP contribution >= 0.6 is 0 Å². The molecule has 0 saturated heterocycles. The minimum absolute atomic E-state index is 0.301. The quantitative estimate of drug-likeness (QED) is 0.485. The van der Waals surface area contributed by atoms with Crippen LogP contribution in [0.3, 0.4) is 0 Å². The molecule has 0 bridgehead atoms. The zero-order chi connectivity index (χ0) is 10.3. The number of allylic oxidation sites excluding steroid dienone is 2. The molecule has 1 saturated carbocycles. The van der Waals surface area contributed by atoms with Crippen LogP contribution in [0.4, 0.5) is 0 Å². The molecule has 0 radical (unpaired) electrons. The molecule has 0 heterocycles. The molecule has 1 heteroatoms. The third-order valence-electron chi connectivity index (χ3n) is 4.37. The largest absolute Gasteiger partial charge is 0.303 e. The van der Waals surface area contributed by atoms with E-state index in [1.807, 2.05) is 0 Å². The standard InChI is InChI=1S/C13H20O/c1-8-6-12(7-14)9(2)10(3)13(8)11-4-5-11/h4,7-10,12-13H,5-6H2,1-3H3. The summed E-state index contributed by atoms with van der Waals surface area (Å²) in [6.45, 7) is 6.87. The van der Waals surface area contributed by atoms with Gasteiger partial charge >= 0.3 is 0 Å². The van der Waals surface area contributed by atoms with Crippen molar-refractivity contribution in [3.8, 4) is 0 Å². The van der Waals surface area contributed by atoms with E-state index in [1.54, 1.807) is 5.57 Å². The molecule has 0 aromatic heterocycles. The van der Waals surface area contributed by atoms with Gasteiger partial charge in [0.05, 0.1) is 0 Å². The van der Waals surface area contributed by atoms with E-state index >= 15 is 0 Å². The molecule has 2 aliphatic rings. The maximum absolute atomic E-state index is 10.9. The lowest BCUT2D eigenvalue weighted by atomic mass is 9.63. The van der Waals surface area contributed by atoms with E-state index in [1.165, 1.54) is 12.7 Å².